The molecule has 0 spiro atoms. The van der Waals surface area contributed by atoms with E-state index >= 15 is 0 Å². The molecule has 2 N–H and O–H groups in total. The second-order valence-corrected chi connectivity index (χ2v) is 5.58. The predicted octanol–water partition coefficient (Wildman–Crippen LogP) is 2.89. The Morgan fingerprint density at radius 3 is 2.89 bits per heavy atom. The lowest BCUT2D eigenvalue weighted by molar-refractivity contribution is 0.236. The minimum absolute atomic E-state index is 0.261. The first-order valence-electron chi connectivity index (χ1n) is 6.82. The van der Waals surface area contributed by atoms with Crippen LogP contribution in [0.25, 0.3) is 0 Å². The summed E-state index contributed by atoms with van der Waals surface area (Å²) in [4.78, 5) is 0. The maximum Gasteiger partial charge on any atom is 0.142 e. The lowest BCUT2D eigenvalue weighted by Crippen LogP contribution is -2.49. The molecule has 1 heterocycles. The fourth-order valence-corrected chi connectivity index (χ4v) is 2.49. The van der Waals surface area contributed by atoms with E-state index in [4.69, 9.17) is 4.74 Å². The third kappa shape index (κ3) is 2.96. The number of nitrogens with one attached hydrogen (secondary N) is 2. The number of hydrogen-bond acceptors (Lipinski definition) is 3. The second kappa shape index (κ2) is 5.61. The van der Waals surface area contributed by atoms with Crippen LogP contribution < -0.4 is 15.4 Å². The monoisotopic (exact) mass is 248 g/mol. The fourth-order valence-electron chi connectivity index (χ4n) is 2.49. The van der Waals surface area contributed by atoms with Gasteiger partial charge in [-0.25, -0.2) is 0 Å². The molecule has 0 aliphatic carbocycles. The first-order valence-corrected chi connectivity index (χ1v) is 6.82. The Hall–Kier alpha value is -1.22. The molecule has 0 radical (unpaired) electrons. The average molecular weight is 248 g/mol. The highest BCUT2D eigenvalue weighted by molar-refractivity contribution is 5.57. The number of benzene rings is 1. The molecule has 1 aromatic carbocycles. The highest BCUT2D eigenvalue weighted by Gasteiger charge is 2.32. The van der Waals surface area contributed by atoms with Crippen molar-refractivity contribution in [2.45, 2.75) is 33.2 Å². The topological polar surface area (TPSA) is 33.3 Å². The van der Waals surface area contributed by atoms with Gasteiger partial charge in [-0.1, -0.05) is 26.0 Å². The Balaban J connectivity index is 2.12. The van der Waals surface area contributed by atoms with Crippen molar-refractivity contribution >= 4 is 5.69 Å². The van der Waals surface area contributed by atoms with Crippen molar-refractivity contribution in [1.29, 1.82) is 0 Å². The van der Waals surface area contributed by atoms with Gasteiger partial charge >= 0.3 is 0 Å². The summed E-state index contributed by atoms with van der Waals surface area (Å²) in [5.41, 5.74) is 1.37. The zero-order chi connectivity index (χ0) is 13.0. The summed E-state index contributed by atoms with van der Waals surface area (Å²) in [6.45, 7) is 9.47. The zero-order valence-electron chi connectivity index (χ0n) is 11.6. The number of rotatable bonds is 4. The number of anilines is 1. The molecule has 1 unspecified atom stereocenters. The van der Waals surface area contributed by atoms with Gasteiger partial charge in [0, 0.05) is 12.6 Å². The smallest absolute Gasteiger partial charge is 0.142 e. The standard InChI is InChI=1S/C15H24N2O/c1-4-18-13-8-6-5-7-12(13)17-14-9-10-16-11-15(14,2)3/h5-8,14,16-17H,4,9-11H2,1-3H3. The van der Waals surface area contributed by atoms with Crippen molar-refractivity contribution in [1.82, 2.24) is 5.32 Å². The summed E-state index contributed by atoms with van der Waals surface area (Å²) in [6.07, 6.45) is 1.15. The highest BCUT2D eigenvalue weighted by Crippen LogP contribution is 2.31. The van der Waals surface area contributed by atoms with Gasteiger partial charge in [0.15, 0.2) is 0 Å². The lowest BCUT2D eigenvalue weighted by Gasteiger charge is -2.40. The molecule has 3 heteroatoms. The Kier molecular flexibility index (Phi) is 4.12. The van der Waals surface area contributed by atoms with E-state index in [-0.39, 0.29) is 5.41 Å². The van der Waals surface area contributed by atoms with Crippen LogP contribution in [0.2, 0.25) is 0 Å². The van der Waals surface area contributed by atoms with E-state index in [2.05, 4.69) is 36.6 Å². The van der Waals surface area contributed by atoms with E-state index in [9.17, 15) is 0 Å². The third-order valence-electron chi connectivity index (χ3n) is 3.65. The highest BCUT2D eigenvalue weighted by atomic mass is 16.5. The molecule has 1 fully saturated rings. The summed E-state index contributed by atoms with van der Waals surface area (Å²) >= 11 is 0. The van der Waals surface area contributed by atoms with Gasteiger partial charge in [0.25, 0.3) is 0 Å². The molecule has 1 saturated heterocycles. The van der Waals surface area contributed by atoms with Crippen LogP contribution in [-0.2, 0) is 0 Å². The third-order valence-corrected chi connectivity index (χ3v) is 3.65. The number of hydrogen-bond donors (Lipinski definition) is 2. The minimum Gasteiger partial charge on any atom is -0.492 e. The maximum absolute atomic E-state index is 5.67. The van der Waals surface area contributed by atoms with Crippen LogP contribution in [0.1, 0.15) is 27.2 Å². The SMILES string of the molecule is CCOc1ccccc1NC1CCNCC1(C)C. The Labute approximate surface area is 110 Å². The molecule has 1 aromatic rings. The molecular weight excluding hydrogens is 224 g/mol. The van der Waals surface area contributed by atoms with Gasteiger partial charge in [-0.3, -0.25) is 0 Å². The molecular formula is C15H24N2O. The van der Waals surface area contributed by atoms with Gasteiger partial charge in [0.05, 0.1) is 12.3 Å². The maximum atomic E-state index is 5.67. The second-order valence-electron chi connectivity index (χ2n) is 5.58. The van der Waals surface area contributed by atoms with E-state index in [1.165, 1.54) is 0 Å². The summed E-state index contributed by atoms with van der Waals surface area (Å²) in [7, 11) is 0. The first kappa shape index (κ1) is 13.2. The van der Waals surface area contributed by atoms with Crippen molar-refractivity contribution in [3.05, 3.63) is 24.3 Å². The number of ether oxygens (including phenoxy) is 1. The molecule has 0 aromatic heterocycles. The molecule has 1 aliphatic heterocycles. The summed E-state index contributed by atoms with van der Waals surface area (Å²) < 4.78 is 5.67. The largest absolute Gasteiger partial charge is 0.492 e. The van der Waals surface area contributed by atoms with Gasteiger partial charge in [-0.15, -0.1) is 0 Å². The predicted molar refractivity (Wildman–Crippen MR) is 76.3 cm³/mol. The van der Waals surface area contributed by atoms with E-state index in [1.807, 2.05) is 19.1 Å². The molecule has 18 heavy (non-hydrogen) atoms. The van der Waals surface area contributed by atoms with Crippen molar-refractivity contribution < 1.29 is 4.74 Å². The van der Waals surface area contributed by atoms with Crippen molar-refractivity contribution in [3.63, 3.8) is 0 Å². The fraction of sp³-hybridized carbons (Fsp3) is 0.600. The van der Waals surface area contributed by atoms with E-state index in [0.717, 1.165) is 30.9 Å². The Bertz CT molecular complexity index is 390. The molecule has 0 bridgehead atoms. The van der Waals surface area contributed by atoms with Crippen molar-refractivity contribution in [3.8, 4) is 5.75 Å². The van der Waals surface area contributed by atoms with E-state index in [0.29, 0.717) is 12.6 Å². The van der Waals surface area contributed by atoms with Crippen molar-refractivity contribution in [2.24, 2.45) is 5.41 Å². The number of para-hydroxylation sites is 2. The lowest BCUT2D eigenvalue weighted by atomic mass is 9.80. The summed E-state index contributed by atoms with van der Waals surface area (Å²) in [5, 5.41) is 7.12. The Morgan fingerprint density at radius 1 is 1.39 bits per heavy atom. The van der Waals surface area contributed by atoms with Crippen LogP contribution in [0.5, 0.6) is 5.75 Å². The normalized spacial score (nSPS) is 22.5. The molecule has 1 atom stereocenters. The summed E-state index contributed by atoms with van der Waals surface area (Å²) in [5.74, 6) is 0.953. The van der Waals surface area contributed by atoms with Gasteiger partial charge in [-0.05, 0) is 37.4 Å². The van der Waals surface area contributed by atoms with Gasteiger partial charge in [0.1, 0.15) is 5.75 Å². The quantitative estimate of drug-likeness (QED) is 0.859. The molecule has 3 nitrogen and oxygen atoms in total. The van der Waals surface area contributed by atoms with Crippen LogP contribution >= 0.6 is 0 Å². The van der Waals surface area contributed by atoms with Crippen LogP contribution in [0.3, 0.4) is 0 Å². The molecule has 2 rings (SSSR count). The average Bonchev–Trinajstić information content (AvgIpc) is 2.34. The van der Waals surface area contributed by atoms with Crippen LogP contribution in [0, 0.1) is 5.41 Å². The van der Waals surface area contributed by atoms with Gasteiger partial charge < -0.3 is 15.4 Å². The Morgan fingerprint density at radius 2 is 2.17 bits per heavy atom. The van der Waals surface area contributed by atoms with E-state index < -0.39 is 0 Å². The zero-order valence-corrected chi connectivity index (χ0v) is 11.6. The molecule has 1 aliphatic rings. The van der Waals surface area contributed by atoms with Crippen LogP contribution in [0.15, 0.2) is 24.3 Å². The van der Waals surface area contributed by atoms with Crippen LogP contribution in [-0.4, -0.2) is 25.7 Å². The molecule has 100 valence electrons. The van der Waals surface area contributed by atoms with Crippen molar-refractivity contribution in [2.75, 3.05) is 25.0 Å². The number of piperidine rings is 1. The van der Waals surface area contributed by atoms with Gasteiger partial charge in [0.2, 0.25) is 0 Å². The molecule has 0 saturated carbocycles. The van der Waals surface area contributed by atoms with Crippen LogP contribution in [0.4, 0.5) is 5.69 Å². The van der Waals surface area contributed by atoms with E-state index in [1.54, 1.807) is 0 Å². The summed E-state index contributed by atoms with van der Waals surface area (Å²) in [6, 6.07) is 8.69. The minimum atomic E-state index is 0.261. The first-order chi connectivity index (χ1) is 8.63. The van der Waals surface area contributed by atoms with Gasteiger partial charge in [-0.2, -0.15) is 0 Å². The molecule has 0 amide bonds.